The summed E-state index contributed by atoms with van der Waals surface area (Å²) in [6.07, 6.45) is 0. The molecule has 0 amide bonds. The lowest BCUT2D eigenvalue weighted by atomic mass is 10.1. The summed E-state index contributed by atoms with van der Waals surface area (Å²) in [5.41, 5.74) is 7.25. The van der Waals surface area contributed by atoms with Crippen LogP contribution < -0.4 is 10.6 Å². The normalized spacial score (nSPS) is 11.3. The van der Waals surface area contributed by atoms with Gasteiger partial charge in [-0.25, -0.2) is 4.39 Å². The predicted molar refractivity (Wildman–Crippen MR) is 76.2 cm³/mol. The first-order chi connectivity index (χ1) is 8.45. The third-order valence-electron chi connectivity index (χ3n) is 2.81. The Kier molecular flexibility index (Phi) is 5.60. The zero-order valence-electron chi connectivity index (χ0n) is 11.9. The van der Waals surface area contributed by atoms with Gasteiger partial charge in [0.1, 0.15) is 5.82 Å². The first-order valence-corrected chi connectivity index (χ1v) is 6.68. The molecule has 1 rings (SSSR count). The molecule has 18 heavy (non-hydrogen) atoms. The van der Waals surface area contributed by atoms with E-state index < -0.39 is 0 Å². The third kappa shape index (κ3) is 3.98. The molecule has 102 valence electrons. The van der Waals surface area contributed by atoms with Gasteiger partial charge in [0, 0.05) is 30.9 Å². The lowest BCUT2D eigenvalue weighted by Crippen LogP contribution is -2.32. The van der Waals surface area contributed by atoms with Crippen LogP contribution in [0, 0.1) is 17.7 Å². The second-order valence-corrected chi connectivity index (χ2v) is 5.63. The maximum Gasteiger partial charge on any atom is 0.129 e. The molecule has 0 fully saturated rings. The Morgan fingerprint density at radius 3 is 2.11 bits per heavy atom. The smallest absolute Gasteiger partial charge is 0.129 e. The van der Waals surface area contributed by atoms with Gasteiger partial charge in [0.25, 0.3) is 0 Å². The van der Waals surface area contributed by atoms with E-state index >= 15 is 0 Å². The van der Waals surface area contributed by atoms with Gasteiger partial charge >= 0.3 is 0 Å². The van der Waals surface area contributed by atoms with Crippen molar-refractivity contribution in [1.82, 2.24) is 0 Å². The predicted octanol–water partition coefficient (Wildman–Crippen LogP) is 3.40. The average molecular weight is 252 g/mol. The Labute approximate surface area is 110 Å². The number of nitrogens with zero attached hydrogens (tertiary/aromatic N) is 1. The molecule has 0 aliphatic rings. The van der Waals surface area contributed by atoms with Gasteiger partial charge in [0.2, 0.25) is 0 Å². The van der Waals surface area contributed by atoms with Crippen LogP contribution in [0.25, 0.3) is 0 Å². The summed E-state index contributed by atoms with van der Waals surface area (Å²) in [4.78, 5) is 2.25. The molecule has 0 saturated heterocycles. The van der Waals surface area contributed by atoms with E-state index in [1.807, 2.05) is 6.07 Å². The zero-order chi connectivity index (χ0) is 13.7. The summed E-state index contributed by atoms with van der Waals surface area (Å²) in [6.45, 7) is 10.8. The van der Waals surface area contributed by atoms with E-state index in [4.69, 9.17) is 5.73 Å². The highest BCUT2D eigenvalue weighted by Gasteiger charge is 2.15. The number of anilines is 1. The number of halogens is 1. The molecule has 3 heteroatoms. The van der Waals surface area contributed by atoms with Crippen molar-refractivity contribution in [3.05, 3.63) is 29.6 Å². The van der Waals surface area contributed by atoms with E-state index in [1.165, 1.54) is 6.07 Å². The van der Waals surface area contributed by atoms with Crippen LogP contribution in [0.15, 0.2) is 18.2 Å². The second-order valence-electron chi connectivity index (χ2n) is 5.63. The van der Waals surface area contributed by atoms with Crippen LogP contribution in [0.3, 0.4) is 0 Å². The van der Waals surface area contributed by atoms with Gasteiger partial charge in [-0.05, 0) is 24.0 Å². The number of rotatable bonds is 6. The van der Waals surface area contributed by atoms with Gasteiger partial charge in [-0.15, -0.1) is 0 Å². The van der Waals surface area contributed by atoms with Crippen LogP contribution in [0.2, 0.25) is 0 Å². The van der Waals surface area contributed by atoms with E-state index in [0.717, 1.165) is 18.8 Å². The Hall–Kier alpha value is -1.09. The summed E-state index contributed by atoms with van der Waals surface area (Å²) in [6, 6.07) is 5.21. The van der Waals surface area contributed by atoms with Crippen molar-refractivity contribution in [2.24, 2.45) is 17.6 Å². The van der Waals surface area contributed by atoms with Crippen LogP contribution in [-0.4, -0.2) is 13.1 Å². The van der Waals surface area contributed by atoms with Crippen LogP contribution in [-0.2, 0) is 6.54 Å². The van der Waals surface area contributed by atoms with Crippen molar-refractivity contribution in [2.75, 3.05) is 18.0 Å². The molecule has 0 heterocycles. The number of hydrogen-bond donors (Lipinski definition) is 1. The molecule has 0 bridgehead atoms. The zero-order valence-corrected chi connectivity index (χ0v) is 11.9. The molecule has 0 unspecified atom stereocenters. The highest BCUT2D eigenvalue weighted by Crippen LogP contribution is 2.24. The van der Waals surface area contributed by atoms with Gasteiger partial charge in [-0.3, -0.25) is 0 Å². The third-order valence-corrected chi connectivity index (χ3v) is 2.81. The van der Waals surface area contributed by atoms with E-state index in [-0.39, 0.29) is 12.4 Å². The highest BCUT2D eigenvalue weighted by molar-refractivity contribution is 5.54. The Bertz CT molecular complexity index is 365. The minimum Gasteiger partial charge on any atom is -0.371 e. The van der Waals surface area contributed by atoms with Crippen LogP contribution in [0.4, 0.5) is 10.1 Å². The van der Waals surface area contributed by atoms with E-state index in [0.29, 0.717) is 17.4 Å². The second kappa shape index (κ2) is 6.74. The molecule has 0 saturated carbocycles. The van der Waals surface area contributed by atoms with Gasteiger partial charge in [-0.2, -0.15) is 0 Å². The maximum atomic E-state index is 13.8. The molecule has 1 aromatic rings. The minimum atomic E-state index is -0.201. The molecule has 0 atom stereocenters. The lowest BCUT2D eigenvalue weighted by molar-refractivity contribution is 0.547. The summed E-state index contributed by atoms with van der Waals surface area (Å²) < 4.78 is 13.8. The summed E-state index contributed by atoms with van der Waals surface area (Å²) in [7, 11) is 0. The summed E-state index contributed by atoms with van der Waals surface area (Å²) in [5, 5.41) is 0. The first-order valence-electron chi connectivity index (χ1n) is 6.68. The van der Waals surface area contributed by atoms with Gasteiger partial charge in [-0.1, -0.05) is 33.8 Å². The van der Waals surface area contributed by atoms with Crippen molar-refractivity contribution in [3.8, 4) is 0 Å². The number of hydrogen-bond acceptors (Lipinski definition) is 2. The fraction of sp³-hybridized carbons (Fsp3) is 0.600. The standard InChI is InChI=1S/C15H25FN2/c1-11(2)9-18(10-12(3)4)15-7-5-6-14(16)13(15)8-17/h5-7,11-12H,8-10,17H2,1-4H3. The van der Waals surface area contributed by atoms with Crippen LogP contribution in [0.1, 0.15) is 33.3 Å². The van der Waals surface area contributed by atoms with Crippen molar-refractivity contribution in [3.63, 3.8) is 0 Å². The lowest BCUT2D eigenvalue weighted by Gasteiger charge is -2.30. The van der Waals surface area contributed by atoms with Gasteiger partial charge in [0.05, 0.1) is 0 Å². The minimum absolute atomic E-state index is 0.201. The summed E-state index contributed by atoms with van der Waals surface area (Å²) >= 11 is 0. The topological polar surface area (TPSA) is 29.3 Å². The monoisotopic (exact) mass is 252 g/mol. The van der Waals surface area contributed by atoms with Crippen molar-refractivity contribution in [2.45, 2.75) is 34.2 Å². The van der Waals surface area contributed by atoms with Gasteiger partial charge < -0.3 is 10.6 Å². The highest BCUT2D eigenvalue weighted by atomic mass is 19.1. The Morgan fingerprint density at radius 1 is 1.11 bits per heavy atom. The molecule has 0 aliphatic heterocycles. The average Bonchev–Trinajstić information content (AvgIpc) is 2.26. The number of benzene rings is 1. The fourth-order valence-corrected chi connectivity index (χ4v) is 2.20. The Balaban J connectivity index is 3.07. The van der Waals surface area contributed by atoms with Crippen LogP contribution >= 0.6 is 0 Å². The SMILES string of the molecule is CC(C)CN(CC(C)C)c1cccc(F)c1CN. The molecular weight excluding hydrogens is 227 g/mol. The molecule has 2 nitrogen and oxygen atoms in total. The fourth-order valence-electron chi connectivity index (χ4n) is 2.20. The van der Waals surface area contributed by atoms with Gasteiger partial charge in [0.15, 0.2) is 0 Å². The Morgan fingerprint density at radius 2 is 1.67 bits per heavy atom. The largest absolute Gasteiger partial charge is 0.371 e. The van der Waals surface area contributed by atoms with Crippen LogP contribution in [0.5, 0.6) is 0 Å². The molecule has 0 spiro atoms. The van der Waals surface area contributed by atoms with E-state index in [1.54, 1.807) is 6.07 Å². The molecule has 0 aliphatic carbocycles. The molecule has 0 radical (unpaired) electrons. The molecular formula is C15H25FN2. The molecule has 2 N–H and O–H groups in total. The quantitative estimate of drug-likeness (QED) is 0.840. The van der Waals surface area contributed by atoms with E-state index in [9.17, 15) is 4.39 Å². The molecule has 0 aromatic heterocycles. The van der Waals surface area contributed by atoms with E-state index in [2.05, 4.69) is 32.6 Å². The first kappa shape index (κ1) is 15.0. The van der Waals surface area contributed by atoms with Crippen molar-refractivity contribution in [1.29, 1.82) is 0 Å². The van der Waals surface area contributed by atoms with Crippen molar-refractivity contribution >= 4 is 5.69 Å². The maximum absolute atomic E-state index is 13.8. The summed E-state index contributed by atoms with van der Waals surface area (Å²) in [5.74, 6) is 0.878. The number of nitrogens with two attached hydrogens (primary N) is 1. The molecule has 1 aromatic carbocycles. The van der Waals surface area contributed by atoms with Crippen molar-refractivity contribution < 1.29 is 4.39 Å².